The molecule has 0 spiro atoms. The molecular formula is C21H22N4O4S. The third-order valence-electron chi connectivity index (χ3n) is 4.30. The van der Waals surface area contributed by atoms with Crippen molar-refractivity contribution in [2.75, 3.05) is 26.3 Å². The molecule has 1 amide bonds. The molecule has 0 unspecified atom stereocenters. The number of benzene rings is 1. The second-order valence-electron chi connectivity index (χ2n) is 6.41. The van der Waals surface area contributed by atoms with Crippen molar-refractivity contribution >= 4 is 17.2 Å². The molecule has 156 valence electrons. The van der Waals surface area contributed by atoms with Crippen LogP contribution >= 0.6 is 11.3 Å². The van der Waals surface area contributed by atoms with Crippen LogP contribution in [0.4, 0.5) is 0 Å². The Hall–Kier alpha value is -3.14. The minimum Gasteiger partial charge on any atom is -0.492 e. The quantitative estimate of drug-likeness (QED) is 0.361. The molecule has 3 rings (SSSR count). The normalized spacial score (nSPS) is 10.7. The Morgan fingerprint density at radius 3 is 2.67 bits per heavy atom. The van der Waals surface area contributed by atoms with Crippen LogP contribution in [0.5, 0.6) is 5.75 Å². The van der Waals surface area contributed by atoms with E-state index in [0.717, 1.165) is 21.9 Å². The minimum atomic E-state index is -0.532. The maximum absolute atomic E-state index is 11.7. The molecule has 0 aliphatic rings. The second kappa shape index (κ2) is 11.1. The van der Waals surface area contributed by atoms with Crippen molar-refractivity contribution in [3.8, 4) is 16.3 Å². The molecule has 1 aromatic carbocycles. The van der Waals surface area contributed by atoms with E-state index >= 15 is 0 Å². The number of para-hydroxylation sites is 1. The number of thiophene rings is 1. The van der Waals surface area contributed by atoms with Crippen molar-refractivity contribution < 1.29 is 14.6 Å². The fraction of sp³-hybridized carbons (Fsp3) is 0.238. The van der Waals surface area contributed by atoms with Crippen molar-refractivity contribution in [3.05, 3.63) is 76.1 Å². The SMILES string of the molecule is O=NNC(=O)c1ccc(-c2ccc(CN(CCO)CCOc3ccccc3)cn2)s1. The maximum Gasteiger partial charge on any atom is 0.284 e. The summed E-state index contributed by atoms with van der Waals surface area (Å²) in [6, 6.07) is 16.9. The topological polar surface area (TPSA) is 104 Å². The van der Waals surface area contributed by atoms with Crippen molar-refractivity contribution in [1.29, 1.82) is 0 Å². The van der Waals surface area contributed by atoms with Gasteiger partial charge in [0.25, 0.3) is 5.91 Å². The van der Waals surface area contributed by atoms with Gasteiger partial charge in [-0.05, 0) is 35.9 Å². The first-order valence-corrected chi connectivity index (χ1v) is 10.2. The average Bonchev–Trinajstić information content (AvgIpc) is 3.26. The zero-order chi connectivity index (χ0) is 21.2. The van der Waals surface area contributed by atoms with Crippen LogP contribution in [0.1, 0.15) is 15.2 Å². The first-order chi connectivity index (χ1) is 14.7. The van der Waals surface area contributed by atoms with E-state index in [0.29, 0.717) is 31.1 Å². The highest BCUT2D eigenvalue weighted by Crippen LogP contribution is 2.26. The lowest BCUT2D eigenvalue weighted by Gasteiger charge is -2.21. The number of ether oxygens (including phenoxy) is 1. The number of carbonyl (C=O) groups is 1. The van der Waals surface area contributed by atoms with Crippen LogP contribution in [0, 0.1) is 4.91 Å². The van der Waals surface area contributed by atoms with Gasteiger partial charge in [-0.2, -0.15) is 0 Å². The number of pyridine rings is 1. The summed E-state index contributed by atoms with van der Waals surface area (Å²) in [4.78, 5) is 29.6. The van der Waals surface area contributed by atoms with Crippen molar-refractivity contribution in [2.45, 2.75) is 6.54 Å². The lowest BCUT2D eigenvalue weighted by molar-refractivity contribution is 0.0958. The Labute approximate surface area is 178 Å². The Morgan fingerprint density at radius 2 is 1.97 bits per heavy atom. The minimum absolute atomic E-state index is 0.0620. The first-order valence-electron chi connectivity index (χ1n) is 9.38. The number of nitrogens with one attached hydrogen (secondary N) is 1. The summed E-state index contributed by atoms with van der Waals surface area (Å²) in [7, 11) is 0. The summed E-state index contributed by atoms with van der Waals surface area (Å²) in [6.07, 6.45) is 1.78. The molecule has 2 aromatic heterocycles. The van der Waals surface area contributed by atoms with Gasteiger partial charge in [0.1, 0.15) is 12.4 Å². The highest BCUT2D eigenvalue weighted by Gasteiger charge is 2.12. The van der Waals surface area contributed by atoms with Gasteiger partial charge in [0.05, 0.1) is 27.3 Å². The van der Waals surface area contributed by atoms with E-state index in [1.807, 2.05) is 47.9 Å². The number of hydrogen-bond donors (Lipinski definition) is 2. The molecule has 30 heavy (non-hydrogen) atoms. The molecule has 9 heteroatoms. The monoisotopic (exact) mass is 426 g/mol. The van der Waals surface area contributed by atoms with Gasteiger partial charge >= 0.3 is 0 Å². The first kappa shape index (κ1) is 21.6. The van der Waals surface area contributed by atoms with Crippen LogP contribution in [0.3, 0.4) is 0 Å². The van der Waals surface area contributed by atoms with E-state index in [-0.39, 0.29) is 6.61 Å². The van der Waals surface area contributed by atoms with Crippen LogP contribution < -0.4 is 10.2 Å². The van der Waals surface area contributed by atoms with Crippen LogP contribution in [0.2, 0.25) is 0 Å². The Balaban J connectivity index is 1.57. The summed E-state index contributed by atoms with van der Waals surface area (Å²) in [6.45, 7) is 2.42. The number of nitrogens with zero attached hydrogens (tertiary/aromatic N) is 3. The molecule has 0 fully saturated rings. The van der Waals surface area contributed by atoms with Crippen molar-refractivity contribution in [1.82, 2.24) is 15.3 Å². The van der Waals surface area contributed by atoms with E-state index in [9.17, 15) is 14.8 Å². The van der Waals surface area contributed by atoms with Gasteiger partial charge < -0.3 is 9.84 Å². The van der Waals surface area contributed by atoms with Gasteiger partial charge in [0, 0.05) is 25.8 Å². The van der Waals surface area contributed by atoms with E-state index in [4.69, 9.17) is 4.74 Å². The zero-order valence-electron chi connectivity index (χ0n) is 16.2. The molecule has 0 aliphatic carbocycles. The van der Waals surface area contributed by atoms with Gasteiger partial charge in [-0.15, -0.1) is 16.2 Å². The van der Waals surface area contributed by atoms with E-state index < -0.39 is 5.91 Å². The van der Waals surface area contributed by atoms with Gasteiger partial charge in [-0.1, -0.05) is 24.3 Å². The largest absolute Gasteiger partial charge is 0.492 e. The molecule has 0 bridgehead atoms. The third kappa shape index (κ3) is 6.18. The molecule has 2 heterocycles. The number of rotatable bonds is 11. The van der Waals surface area contributed by atoms with Gasteiger partial charge in [-0.25, -0.2) is 5.43 Å². The molecular weight excluding hydrogens is 404 g/mol. The van der Waals surface area contributed by atoms with Crippen LogP contribution in [0.15, 0.2) is 66.1 Å². The smallest absolute Gasteiger partial charge is 0.284 e. The van der Waals surface area contributed by atoms with Crippen LogP contribution in [-0.2, 0) is 6.54 Å². The second-order valence-corrected chi connectivity index (χ2v) is 7.49. The summed E-state index contributed by atoms with van der Waals surface area (Å²) in [5.41, 5.74) is 3.63. The fourth-order valence-electron chi connectivity index (χ4n) is 2.84. The fourth-order valence-corrected chi connectivity index (χ4v) is 3.71. The maximum atomic E-state index is 11.7. The molecule has 0 atom stereocenters. The standard InChI is InChI=1S/C21H22N4O4S/c26-12-10-25(11-13-29-17-4-2-1-3-5-17)15-16-6-7-18(22-14-16)19-8-9-20(30-19)21(27)23-24-28/h1-9,14,26H,10-13,15H2,(H,23,27,28). The number of hydrogen-bond acceptors (Lipinski definition) is 8. The summed E-state index contributed by atoms with van der Waals surface area (Å²) in [5, 5.41) is 11.8. The highest BCUT2D eigenvalue weighted by atomic mass is 32.1. The van der Waals surface area contributed by atoms with Crippen LogP contribution in [0.25, 0.3) is 10.6 Å². The third-order valence-corrected chi connectivity index (χ3v) is 5.40. The number of carbonyl (C=O) groups excluding carboxylic acids is 1. The molecule has 0 saturated carbocycles. The van der Waals surface area contributed by atoms with Gasteiger partial charge in [0.2, 0.25) is 0 Å². The highest BCUT2D eigenvalue weighted by molar-refractivity contribution is 7.17. The lowest BCUT2D eigenvalue weighted by atomic mass is 10.2. The van der Waals surface area contributed by atoms with Crippen LogP contribution in [-0.4, -0.2) is 47.2 Å². The number of aliphatic hydroxyl groups is 1. The molecule has 8 nitrogen and oxygen atoms in total. The molecule has 0 saturated heterocycles. The predicted molar refractivity (Wildman–Crippen MR) is 115 cm³/mol. The average molecular weight is 426 g/mol. The molecule has 0 radical (unpaired) electrons. The van der Waals surface area contributed by atoms with Gasteiger partial charge in [0.15, 0.2) is 0 Å². The summed E-state index contributed by atoms with van der Waals surface area (Å²) >= 11 is 1.24. The Kier molecular flexibility index (Phi) is 8.02. The Bertz CT molecular complexity index is 947. The van der Waals surface area contributed by atoms with E-state index in [1.54, 1.807) is 18.3 Å². The summed E-state index contributed by atoms with van der Waals surface area (Å²) < 4.78 is 5.74. The number of nitroso groups, excluding NO2 is 1. The van der Waals surface area contributed by atoms with E-state index in [1.165, 1.54) is 11.3 Å². The van der Waals surface area contributed by atoms with Crippen molar-refractivity contribution in [3.63, 3.8) is 0 Å². The molecule has 3 aromatic rings. The number of amides is 1. The van der Waals surface area contributed by atoms with E-state index in [2.05, 4.69) is 15.2 Å². The zero-order valence-corrected chi connectivity index (χ0v) is 17.0. The van der Waals surface area contributed by atoms with Gasteiger partial charge in [-0.3, -0.25) is 14.7 Å². The van der Waals surface area contributed by atoms with Crippen molar-refractivity contribution in [2.24, 2.45) is 5.29 Å². The Morgan fingerprint density at radius 1 is 1.13 bits per heavy atom. The number of aliphatic hydroxyl groups excluding tert-OH is 1. The molecule has 0 aliphatic heterocycles. The molecule has 2 N–H and O–H groups in total. The lowest BCUT2D eigenvalue weighted by Crippen LogP contribution is -2.30. The summed E-state index contributed by atoms with van der Waals surface area (Å²) in [5.74, 6) is 0.288. The number of aromatic nitrogens is 1. The predicted octanol–water partition coefficient (Wildman–Crippen LogP) is 3.09.